The van der Waals surface area contributed by atoms with Crippen molar-refractivity contribution in [2.75, 3.05) is 13.1 Å². The van der Waals surface area contributed by atoms with E-state index < -0.39 is 0 Å². The number of benzene rings is 2. The fourth-order valence-corrected chi connectivity index (χ4v) is 4.10. The molecule has 136 valence electrons. The van der Waals surface area contributed by atoms with Gasteiger partial charge in [0.05, 0.1) is 0 Å². The van der Waals surface area contributed by atoms with E-state index in [1.165, 1.54) is 67.5 Å². The fraction of sp³-hybridized carbons (Fsp3) is 0.417. The van der Waals surface area contributed by atoms with Crippen LogP contribution in [-0.4, -0.2) is 24.0 Å². The molecular formula is C24H29NO. The third-order valence-electron chi connectivity index (χ3n) is 5.74. The standard InChI is InChI=1S/C24H29NO/c1-19-12-14-20(15-13-19)18-26-24(21-8-3-2-4-9-21)22-10-5-6-11-23(22)25-16-7-17-25/h2-4,8-9,12-15,23H,5-7,10-11,16-18H2,1H3/b24-22+. The first kappa shape index (κ1) is 17.4. The molecule has 1 saturated carbocycles. The number of likely N-dealkylation sites (tertiary alicyclic amines) is 1. The molecule has 4 rings (SSSR count). The van der Waals surface area contributed by atoms with Gasteiger partial charge in [-0.15, -0.1) is 0 Å². The summed E-state index contributed by atoms with van der Waals surface area (Å²) in [4.78, 5) is 2.65. The first-order chi connectivity index (χ1) is 12.8. The predicted molar refractivity (Wildman–Crippen MR) is 108 cm³/mol. The Hall–Kier alpha value is -2.06. The van der Waals surface area contributed by atoms with Gasteiger partial charge in [0, 0.05) is 11.6 Å². The molecule has 0 spiro atoms. The highest BCUT2D eigenvalue weighted by molar-refractivity contribution is 5.64. The molecule has 2 aromatic carbocycles. The molecule has 1 aliphatic carbocycles. The van der Waals surface area contributed by atoms with Crippen LogP contribution >= 0.6 is 0 Å². The molecule has 0 amide bonds. The summed E-state index contributed by atoms with van der Waals surface area (Å²) in [6.07, 6.45) is 6.40. The van der Waals surface area contributed by atoms with Crippen LogP contribution in [0.1, 0.15) is 48.8 Å². The summed E-state index contributed by atoms with van der Waals surface area (Å²) < 4.78 is 6.50. The van der Waals surface area contributed by atoms with Crippen molar-refractivity contribution in [1.82, 2.24) is 4.90 Å². The highest BCUT2D eigenvalue weighted by atomic mass is 16.5. The van der Waals surface area contributed by atoms with Crippen LogP contribution in [0.15, 0.2) is 60.2 Å². The van der Waals surface area contributed by atoms with E-state index in [9.17, 15) is 0 Å². The van der Waals surface area contributed by atoms with Gasteiger partial charge in [0.2, 0.25) is 0 Å². The molecule has 1 atom stereocenters. The number of hydrogen-bond acceptors (Lipinski definition) is 2. The molecule has 1 saturated heterocycles. The quantitative estimate of drug-likeness (QED) is 0.656. The summed E-state index contributed by atoms with van der Waals surface area (Å²) in [6, 6.07) is 20.0. The highest BCUT2D eigenvalue weighted by Crippen LogP contribution is 2.36. The van der Waals surface area contributed by atoms with E-state index in [4.69, 9.17) is 4.74 Å². The van der Waals surface area contributed by atoms with Crippen molar-refractivity contribution in [2.24, 2.45) is 0 Å². The van der Waals surface area contributed by atoms with Crippen LogP contribution in [0.25, 0.3) is 5.76 Å². The zero-order valence-electron chi connectivity index (χ0n) is 15.8. The number of nitrogens with zero attached hydrogens (tertiary/aromatic N) is 1. The normalized spacial score (nSPS) is 22.6. The largest absolute Gasteiger partial charge is 0.488 e. The minimum Gasteiger partial charge on any atom is -0.488 e. The lowest BCUT2D eigenvalue weighted by atomic mass is 9.85. The summed E-state index contributed by atoms with van der Waals surface area (Å²) in [5.74, 6) is 1.13. The molecule has 2 aromatic rings. The van der Waals surface area contributed by atoms with Gasteiger partial charge < -0.3 is 4.74 Å². The maximum Gasteiger partial charge on any atom is 0.127 e. The van der Waals surface area contributed by atoms with Gasteiger partial charge in [0.15, 0.2) is 0 Å². The molecule has 1 aliphatic heterocycles. The van der Waals surface area contributed by atoms with Crippen molar-refractivity contribution in [3.8, 4) is 0 Å². The lowest BCUT2D eigenvalue weighted by Gasteiger charge is -2.42. The van der Waals surface area contributed by atoms with E-state index in [0.717, 1.165) is 5.76 Å². The number of hydrogen-bond donors (Lipinski definition) is 0. The molecular weight excluding hydrogens is 318 g/mol. The Morgan fingerprint density at radius 2 is 1.73 bits per heavy atom. The third kappa shape index (κ3) is 3.86. The van der Waals surface area contributed by atoms with Crippen LogP contribution in [0.3, 0.4) is 0 Å². The third-order valence-corrected chi connectivity index (χ3v) is 5.74. The summed E-state index contributed by atoms with van der Waals surface area (Å²) in [6.45, 7) is 5.25. The van der Waals surface area contributed by atoms with Gasteiger partial charge in [-0.1, -0.05) is 66.6 Å². The van der Waals surface area contributed by atoms with Gasteiger partial charge in [0.1, 0.15) is 12.4 Å². The van der Waals surface area contributed by atoms with Crippen LogP contribution in [0.2, 0.25) is 0 Å². The second-order valence-electron chi connectivity index (χ2n) is 7.65. The number of rotatable bonds is 5. The van der Waals surface area contributed by atoms with Crippen molar-refractivity contribution in [3.05, 3.63) is 76.9 Å². The second-order valence-corrected chi connectivity index (χ2v) is 7.65. The Balaban J connectivity index is 1.64. The van der Waals surface area contributed by atoms with Gasteiger partial charge in [-0.2, -0.15) is 0 Å². The smallest absolute Gasteiger partial charge is 0.127 e. The predicted octanol–water partition coefficient (Wildman–Crippen LogP) is 5.57. The van der Waals surface area contributed by atoms with Gasteiger partial charge in [0.25, 0.3) is 0 Å². The van der Waals surface area contributed by atoms with E-state index in [2.05, 4.69) is 66.4 Å². The summed E-state index contributed by atoms with van der Waals surface area (Å²) in [5.41, 5.74) is 5.28. The lowest BCUT2D eigenvalue weighted by molar-refractivity contribution is 0.118. The van der Waals surface area contributed by atoms with E-state index in [1.54, 1.807) is 0 Å². The maximum atomic E-state index is 6.50. The van der Waals surface area contributed by atoms with Crippen molar-refractivity contribution < 1.29 is 4.74 Å². The van der Waals surface area contributed by atoms with Crippen molar-refractivity contribution in [1.29, 1.82) is 0 Å². The second kappa shape index (κ2) is 8.09. The molecule has 0 bridgehead atoms. The first-order valence-electron chi connectivity index (χ1n) is 10.0. The topological polar surface area (TPSA) is 12.5 Å². The van der Waals surface area contributed by atoms with Crippen molar-refractivity contribution >= 4 is 5.76 Å². The van der Waals surface area contributed by atoms with Crippen molar-refractivity contribution in [3.63, 3.8) is 0 Å². The molecule has 2 fully saturated rings. The van der Waals surface area contributed by atoms with Crippen LogP contribution in [0.4, 0.5) is 0 Å². The van der Waals surface area contributed by atoms with Gasteiger partial charge in [-0.05, 0) is 56.8 Å². The van der Waals surface area contributed by atoms with E-state index in [-0.39, 0.29) is 0 Å². The summed E-state index contributed by atoms with van der Waals surface area (Å²) in [5, 5.41) is 0. The van der Waals surface area contributed by atoms with E-state index in [0.29, 0.717) is 12.6 Å². The molecule has 0 radical (unpaired) electrons. The van der Waals surface area contributed by atoms with Gasteiger partial charge >= 0.3 is 0 Å². The van der Waals surface area contributed by atoms with E-state index >= 15 is 0 Å². The molecule has 2 nitrogen and oxygen atoms in total. The monoisotopic (exact) mass is 347 g/mol. The van der Waals surface area contributed by atoms with Crippen LogP contribution < -0.4 is 0 Å². The molecule has 2 aliphatic rings. The minimum absolute atomic E-state index is 0.575. The summed E-state index contributed by atoms with van der Waals surface area (Å²) >= 11 is 0. The van der Waals surface area contributed by atoms with Crippen LogP contribution in [-0.2, 0) is 11.3 Å². The SMILES string of the molecule is Cc1ccc(CO/C(=C2\CCCCC2N2CCC2)c2ccccc2)cc1. The fourth-order valence-electron chi connectivity index (χ4n) is 4.10. The molecule has 0 aromatic heterocycles. The summed E-state index contributed by atoms with van der Waals surface area (Å²) in [7, 11) is 0. The average Bonchev–Trinajstić information content (AvgIpc) is 2.64. The number of aryl methyl sites for hydroxylation is 1. The lowest BCUT2D eigenvalue weighted by Crippen LogP contribution is -2.47. The zero-order valence-corrected chi connectivity index (χ0v) is 15.8. The Morgan fingerprint density at radius 1 is 0.962 bits per heavy atom. The van der Waals surface area contributed by atoms with Crippen LogP contribution in [0.5, 0.6) is 0 Å². The van der Waals surface area contributed by atoms with Crippen molar-refractivity contribution in [2.45, 2.75) is 51.7 Å². The molecule has 0 N–H and O–H groups in total. The first-order valence-corrected chi connectivity index (χ1v) is 10.0. The minimum atomic E-state index is 0.575. The molecule has 2 heteroatoms. The Kier molecular flexibility index (Phi) is 5.40. The number of ether oxygens (including phenoxy) is 1. The maximum absolute atomic E-state index is 6.50. The Morgan fingerprint density at radius 3 is 2.42 bits per heavy atom. The molecule has 26 heavy (non-hydrogen) atoms. The van der Waals surface area contributed by atoms with Gasteiger partial charge in [-0.3, -0.25) is 4.90 Å². The molecule has 1 unspecified atom stereocenters. The van der Waals surface area contributed by atoms with Crippen LogP contribution in [0, 0.1) is 6.92 Å². The van der Waals surface area contributed by atoms with Gasteiger partial charge in [-0.25, -0.2) is 0 Å². The van der Waals surface area contributed by atoms with E-state index in [1.807, 2.05) is 0 Å². The zero-order chi connectivity index (χ0) is 17.8. The Bertz CT molecular complexity index is 744. The highest BCUT2D eigenvalue weighted by Gasteiger charge is 2.31. The average molecular weight is 348 g/mol. The Labute approximate surface area is 157 Å². The molecule has 1 heterocycles.